The van der Waals surface area contributed by atoms with Gasteiger partial charge in [0.2, 0.25) is 0 Å². The topological polar surface area (TPSA) is 90.1 Å². The molecule has 0 radical (unpaired) electrons. The van der Waals surface area contributed by atoms with Crippen molar-refractivity contribution in [3.05, 3.63) is 71.9 Å². The minimum atomic E-state index is -0.987. The van der Waals surface area contributed by atoms with Crippen LogP contribution in [0.5, 0.6) is 5.75 Å². The third-order valence-electron chi connectivity index (χ3n) is 4.16. The average molecular weight is 416 g/mol. The largest absolute Gasteiger partial charge is 0.491 e. The fourth-order valence-electron chi connectivity index (χ4n) is 2.68. The summed E-state index contributed by atoms with van der Waals surface area (Å²) in [6.45, 7) is 0.945. The zero-order valence-electron chi connectivity index (χ0n) is 15.9. The van der Waals surface area contributed by atoms with E-state index in [1.54, 1.807) is 6.07 Å². The third kappa shape index (κ3) is 4.93. The van der Waals surface area contributed by atoms with Gasteiger partial charge in [0.1, 0.15) is 40.3 Å². The van der Waals surface area contributed by atoms with Crippen LogP contribution in [-0.4, -0.2) is 29.0 Å². The van der Waals surface area contributed by atoms with E-state index in [9.17, 15) is 18.0 Å². The van der Waals surface area contributed by atoms with Gasteiger partial charge in [-0.2, -0.15) is 0 Å². The number of anilines is 1. The van der Waals surface area contributed by atoms with Crippen molar-refractivity contribution in [3.63, 3.8) is 0 Å². The van der Waals surface area contributed by atoms with Crippen molar-refractivity contribution in [1.82, 2.24) is 9.97 Å². The Labute approximate surface area is 170 Å². The molecule has 0 aliphatic heterocycles. The lowest BCUT2D eigenvalue weighted by Crippen LogP contribution is -2.16. The average Bonchev–Trinajstić information content (AvgIpc) is 2.73. The van der Waals surface area contributed by atoms with E-state index in [4.69, 9.17) is 10.5 Å². The van der Waals surface area contributed by atoms with E-state index in [0.29, 0.717) is 18.9 Å². The van der Waals surface area contributed by atoms with Crippen molar-refractivity contribution in [2.75, 3.05) is 18.5 Å². The number of halogens is 3. The minimum Gasteiger partial charge on any atom is -0.491 e. The van der Waals surface area contributed by atoms with Crippen molar-refractivity contribution in [2.24, 2.45) is 5.73 Å². The number of amides is 1. The summed E-state index contributed by atoms with van der Waals surface area (Å²) in [6.07, 6.45) is 4.42. The highest BCUT2D eigenvalue weighted by molar-refractivity contribution is 6.03. The summed E-state index contributed by atoms with van der Waals surface area (Å²) in [7, 11) is 0. The van der Waals surface area contributed by atoms with Gasteiger partial charge in [-0.15, -0.1) is 0 Å². The molecule has 1 aromatic carbocycles. The number of benzene rings is 1. The second-order valence-corrected chi connectivity index (χ2v) is 6.29. The van der Waals surface area contributed by atoms with Crippen LogP contribution in [0.1, 0.15) is 23.3 Å². The molecular weight excluding hydrogens is 397 g/mol. The number of unbranched alkanes of at least 4 members (excludes halogenated alkanes) is 1. The molecule has 3 N–H and O–H groups in total. The maximum atomic E-state index is 14.2. The first kappa shape index (κ1) is 21.3. The number of nitrogens with one attached hydrogen (secondary N) is 1. The highest BCUT2D eigenvalue weighted by atomic mass is 19.1. The van der Waals surface area contributed by atoms with Crippen LogP contribution in [0, 0.1) is 17.5 Å². The van der Waals surface area contributed by atoms with Gasteiger partial charge in [0.25, 0.3) is 5.91 Å². The van der Waals surface area contributed by atoms with Crippen molar-refractivity contribution >= 4 is 11.6 Å². The van der Waals surface area contributed by atoms with Gasteiger partial charge >= 0.3 is 0 Å². The van der Waals surface area contributed by atoms with Crippen LogP contribution < -0.4 is 15.8 Å². The number of rotatable bonds is 8. The molecule has 0 aliphatic rings. The molecule has 0 fully saturated rings. The Hall–Kier alpha value is -3.46. The maximum absolute atomic E-state index is 14.2. The van der Waals surface area contributed by atoms with Crippen LogP contribution >= 0.6 is 0 Å². The predicted octanol–water partition coefficient (Wildman–Crippen LogP) is 3.93. The van der Waals surface area contributed by atoms with E-state index in [0.717, 1.165) is 43.2 Å². The molecule has 30 heavy (non-hydrogen) atoms. The Balaban J connectivity index is 1.84. The first-order valence-electron chi connectivity index (χ1n) is 9.20. The van der Waals surface area contributed by atoms with Crippen LogP contribution in [0.15, 0.2) is 48.8 Å². The number of carbonyl (C=O) groups excluding carboxylic acids is 1. The van der Waals surface area contributed by atoms with Crippen molar-refractivity contribution < 1.29 is 22.7 Å². The van der Waals surface area contributed by atoms with E-state index in [1.807, 2.05) is 0 Å². The van der Waals surface area contributed by atoms with Crippen LogP contribution in [0.3, 0.4) is 0 Å². The first-order chi connectivity index (χ1) is 14.5. The van der Waals surface area contributed by atoms with Gasteiger partial charge in [0, 0.05) is 12.3 Å². The fourth-order valence-corrected chi connectivity index (χ4v) is 2.68. The minimum absolute atomic E-state index is 0.230. The zero-order chi connectivity index (χ0) is 21.5. The molecule has 0 unspecified atom stereocenters. The van der Waals surface area contributed by atoms with Crippen molar-refractivity contribution in [1.29, 1.82) is 0 Å². The molecule has 0 aliphatic carbocycles. The Morgan fingerprint density at radius 2 is 1.80 bits per heavy atom. The van der Waals surface area contributed by atoms with Gasteiger partial charge in [-0.3, -0.25) is 9.78 Å². The summed E-state index contributed by atoms with van der Waals surface area (Å²) in [5.74, 6) is -3.26. The van der Waals surface area contributed by atoms with Gasteiger partial charge in [-0.05, 0) is 43.7 Å². The molecule has 0 saturated carbocycles. The highest BCUT2D eigenvalue weighted by Crippen LogP contribution is 2.28. The normalized spacial score (nSPS) is 10.7. The Kier molecular flexibility index (Phi) is 6.97. The Morgan fingerprint density at radius 1 is 1.03 bits per heavy atom. The summed E-state index contributed by atoms with van der Waals surface area (Å²) in [6, 6.07) is 6.74. The number of hydrogen-bond acceptors (Lipinski definition) is 5. The van der Waals surface area contributed by atoms with Crippen molar-refractivity contribution in [3.8, 4) is 17.0 Å². The number of aromatic nitrogens is 2. The van der Waals surface area contributed by atoms with E-state index in [2.05, 4.69) is 15.3 Å². The molecule has 156 valence electrons. The van der Waals surface area contributed by atoms with Gasteiger partial charge in [0.15, 0.2) is 0 Å². The van der Waals surface area contributed by atoms with Crippen LogP contribution in [0.4, 0.5) is 18.9 Å². The quantitative estimate of drug-likeness (QED) is 0.543. The first-order valence-corrected chi connectivity index (χ1v) is 9.20. The molecular formula is C21H19F3N4O2. The Morgan fingerprint density at radius 3 is 2.53 bits per heavy atom. The molecule has 6 nitrogen and oxygen atoms in total. The number of carbonyl (C=O) groups is 1. The summed E-state index contributed by atoms with van der Waals surface area (Å²) < 4.78 is 47.9. The molecule has 0 spiro atoms. The molecule has 9 heteroatoms. The number of pyridine rings is 2. The molecule has 2 heterocycles. The van der Waals surface area contributed by atoms with Gasteiger partial charge in [-0.25, -0.2) is 18.2 Å². The van der Waals surface area contributed by atoms with E-state index in [1.165, 1.54) is 12.4 Å². The highest BCUT2D eigenvalue weighted by Gasteiger charge is 2.20. The third-order valence-corrected chi connectivity index (χ3v) is 4.16. The van der Waals surface area contributed by atoms with Crippen LogP contribution in [0.25, 0.3) is 11.3 Å². The van der Waals surface area contributed by atoms with Gasteiger partial charge < -0.3 is 15.8 Å². The lowest BCUT2D eigenvalue weighted by molar-refractivity contribution is 0.102. The molecule has 3 aromatic rings. The smallest absolute Gasteiger partial charge is 0.274 e. The second-order valence-electron chi connectivity index (χ2n) is 6.29. The van der Waals surface area contributed by atoms with Crippen LogP contribution in [0.2, 0.25) is 0 Å². The maximum Gasteiger partial charge on any atom is 0.274 e. The standard InChI is InChI=1S/C21H19F3N4O2/c22-13-4-3-5-14(23)19(13)20-15(24)6-7-16(27-20)21(29)28-17-12-26-10-8-18(17)30-11-2-1-9-25/h3-8,10,12H,1-2,9,11,25H2,(H,28,29). The van der Waals surface area contributed by atoms with E-state index < -0.39 is 34.6 Å². The van der Waals surface area contributed by atoms with E-state index >= 15 is 0 Å². The van der Waals surface area contributed by atoms with Gasteiger partial charge in [-0.1, -0.05) is 6.07 Å². The lowest BCUT2D eigenvalue weighted by atomic mass is 10.1. The molecule has 0 saturated heterocycles. The molecule has 2 aromatic heterocycles. The summed E-state index contributed by atoms with van der Waals surface area (Å²) >= 11 is 0. The number of ether oxygens (including phenoxy) is 1. The zero-order valence-corrected chi connectivity index (χ0v) is 15.9. The van der Waals surface area contributed by atoms with Crippen LogP contribution in [-0.2, 0) is 0 Å². The monoisotopic (exact) mass is 416 g/mol. The molecule has 0 atom stereocenters. The predicted molar refractivity (Wildman–Crippen MR) is 106 cm³/mol. The number of hydrogen-bond donors (Lipinski definition) is 2. The Bertz CT molecular complexity index is 1030. The molecule has 0 bridgehead atoms. The summed E-state index contributed by atoms with van der Waals surface area (Å²) in [4.78, 5) is 20.4. The number of nitrogens with two attached hydrogens (primary N) is 1. The molecule has 3 rings (SSSR count). The summed E-state index contributed by atoms with van der Waals surface area (Å²) in [5, 5.41) is 2.57. The lowest BCUT2D eigenvalue weighted by Gasteiger charge is -2.12. The van der Waals surface area contributed by atoms with Crippen molar-refractivity contribution in [2.45, 2.75) is 12.8 Å². The molecule has 1 amide bonds. The van der Waals surface area contributed by atoms with Gasteiger partial charge in [0.05, 0.1) is 18.4 Å². The SMILES string of the molecule is NCCCCOc1ccncc1NC(=O)c1ccc(F)c(-c2c(F)cccc2F)n1. The fraction of sp³-hybridized carbons (Fsp3) is 0.190. The second kappa shape index (κ2) is 9.84. The van der Waals surface area contributed by atoms with E-state index in [-0.39, 0.29) is 11.4 Å². The number of nitrogens with zero attached hydrogens (tertiary/aromatic N) is 2. The summed E-state index contributed by atoms with van der Waals surface area (Å²) in [5.41, 5.74) is 4.26.